The summed E-state index contributed by atoms with van der Waals surface area (Å²) in [7, 11) is 0. The average Bonchev–Trinajstić information content (AvgIpc) is 2.68. The molecule has 3 aromatic rings. The van der Waals surface area contributed by atoms with E-state index in [1.54, 1.807) is 24.3 Å². The van der Waals surface area contributed by atoms with Crippen LogP contribution in [-0.4, -0.2) is 17.1 Å². The Morgan fingerprint density at radius 2 is 1.73 bits per heavy atom. The van der Waals surface area contributed by atoms with Crippen LogP contribution in [0.4, 0.5) is 4.39 Å². The predicted octanol–water partition coefficient (Wildman–Crippen LogP) is 6.00. The maximum absolute atomic E-state index is 13.5. The van der Waals surface area contributed by atoms with Crippen LogP contribution in [-0.2, 0) is 11.2 Å². The van der Waals surface area contributed by atoms with Crippen molar-refractivity contribution in [2.45, 2.75) is 19.4 Å². The van der Waals surface area contributed by atoms with Crippen molar-refractivity contribution in [2.24, 2.45) is 5.73 Å². The van der Waals surface area contributed by atoms with Gasteiger partial charge in [-0.3, -0.25) is 4.79 Å². The van der Waals surface area contributed by atoms with Crippen LogP contribution < -0.4 is 10.5 Å². The lowest BCUT2D eigenvalue weighted by atomic mass is 9.98. The van der Waals surface area contributed by atoms with Crippen molar-refractivity contribution in [1.82, 2.24) is 0 Å². The Labute approximate surface area is 187 Å². The van der Waals surface area contributed by atoms with E-state index in [1.807, 2.05) is 0 Å². The Bertz CT molecular complexity index is 1100. The van der Waals surface area contributed by atoms with Crippen molar-refractivity contribution in [1.29, 1.82) is 0 Å². The molecule has 3 rings (SSSR count). The van der Waals surface area contributed by atoms with Crippen LogP contribution in [0.2, 0.25) is 15.1 Å². The number of rotatable bonds is 6. The van der Waals surface area contributed by atoms with Crippen LogP contribution in [0.1, 0.15) is 18.1 Å². The third-order valence-corrected chi connectivity index (χ3v) is 5.46. The zero-order chi connectivity index (χ0) is 22.0. The number of nitrogens with two attached hydrogens (primary N) is 1. The second kappa shape index (κ2) is 9.13. The van der Waals surface area contributed by atoms with Gasteiger partial charge in [0.05, 0.1) is 5.02 Å². The summed E-state index contributed by atoms with van der Waals surface area (Å²) in [5.41, 5.74) is 7.73. The maximum atomic E-state index is 13.5. The SMILES string of the molecule is C[C@H](Oc1cc(Cl)c(Cc2ccc(O)c(-c3ccc(F)c(Cl)c3)c2)c(Cl)c1)C(N)=O. The highest BCUT2D eigenvalue weighted by atomic mass is 35.5. The number of amides is 1. The molecule has 1 amide bonds. The second-order valence-electron chi connectivity index (χ2n) is 6.69. The first-order valence-electron chi connectivity index (χ1n) is 8.87. The first-order chi connectivity index (χ1) is 14.2. The van der Waals surface area contributed by atoms with Gasteiger partial charge in [0, 0.05) is 22.0 Å². The van der Waals surface area contributed by atoms with Gasteiger partial charge >= 0.3 is 0 Å². The number of benzene rings is 3. The van der Waals surface area contributed by atoms with Gasteiger partial charge < -0.3 is 15.6 Å². The zero-order valence-corrected chi connectivity index (χ0v) is 18.0. The first kappa shape index (κ1) is 22.2. The van der Waals surface area contributed by atoms with Crippen LogP contribution in [0.3, 0.4) is 0 Å². The van der Waals surface area contributed by atoms with Gasteiger partial charge in [-0.25, -0.2) is 4.39 Å². The Kier molecular flexibility index (Phi) is 6.76. The summed E-state index contributed by atoms with van der Waals surface area (Å²) in [5.74, 6) is -0.790. The lowest BCUT2D eigenvalue weighted by Crippen LogP contribution is -2.30. The molecule has 0 spiro atoms. The zero-order valence-electron chi connectivity index (χ0n) is 15.8. The quantitative estimate of drug-likeness (QED) is 0.466. The molecule has 8 heteroatoms. The molecule has 0 saturated carbocycles. The lowest BCUT2D eigenvalue weighted by molar-refractivity contribution is -0.123. The number of carbonyl (C=O) groups is 1. The smallest absolute Gasteiger partial charge is 0.258 e. The molecular formula is C22H17Cl3FNO3. The van der Waals surface area contributed by atoms with E-state index >= 15 is 0 Å². The number of primary amides is 1. The largest absolute Gasteiger partial charge is 0.507 e. The second-order valence-corrected chi connectivity index (χ2v) is 7.91. The van der Waals surface area contributed by atoms with Crippen LogP contribution >= 0.6 is 34.8 Å². The minimum absolute atomic E-state index is 0.0304. The van der Waals surface area contributed by atoms with E-state index in [1.165, 1.54) is 31.2 Å². The van der Waals surface area contributed by atoms with Crippen LogP contribution in [0, 0.1) is 5.82 Å². The van der Waals surface area contributed by atoms with Gasteiger partial charge in [0.25, 0.3) is 5.91 Å². The summed E-state index contributed by atoms with van der Waals surface area (Å²) in [6, 6.07) is 12.4. The number of hydrogen-bond acceptors (Lipinski definition) is 3. The van der Waals surface area contributed by atoms with Crippen molar-refractivity contribution >= 4 is 40.7 Å². The number of ether oxygens (including phenoxy) is 1. The van der Waals surface area contributed by atoms with Gasteiger partial charge in [-0.1, -0.05) is 46.9 Å². The molecule has 30 heavy (non-hydrogen) atoms. The fourth-order valence-corrected chi connectivity index (χ4v) is 3.65. The maximum Gasteiger partial charge on any atom is 0.258 e. The standard InChI is InChI=1S/C22H17Cl3FNO3/c1-11(22(27)29)30-14-9-17(23)16(18(24)10-14)7-12-2-5-21(28)15(6-12)13-3-4-20(26)19(25)8-13/h2-6,8-11,28H,7H2,1H3,(H2,27,29)/t11-/m0/s1. The van der Waals surface area contributed by atoms with Crippen molar-refractivity contribution in [3.63, 3.8) is 0 Å². The van der Waals surface area contributed by atoms with E-state index in [0.717, 1.165) is 5.56 Å². The van der Waals surface area contributed by atoms with Crippen molar-refractivity contribution < 1.29 is 19.0 Å². The summed E-state index contributed by atoms with van der Waals surface area (Å²) >= 11 is 18.6. The molecule has 4 nitrogen and oxygen atoms in total. The van der Waals surface area contributed by atoms with E-state index in [2.05, 4.69) is 0 Å². The van der Waals surface area contributed by atoms with Crippen LogP contribution in [0.5, 0.6) is 11.5 Å². The molecule has 0 fully saturated rings. The Hall–Kier alpha value is -2.47. The molecule has 0 saturated heterocycles. The van der Waals surface area contributed by atoms with Gasteiger partial charge in [-0.05, 0) is 60.0 Å². The van der Waals surface area contributed by atoms with Gasteiger partial charge in [-0.2, -0.15) is 0 Å². The monoisotopic (exact) mass is 467 g/mol. The molecule has 0 aliphatic carbocycles. The highest BCUT2D eigenvalue weighted by Crippen LogP contribution is 2.36. The van der Waals surface area contributed by atoms with E-state index in [9.17, 15) is 14.3 Å². The fraction of sp³-hybridized carbons (Fsp3) is 0.136. The van der Waals surface area contributed by atoms with Gasteiger partial charge in [0.15, 0.2) is 6.10 Å². The third kappa shape index (κ3) is 4.98. The molecule has 0 aliphatic rings. The summed E-state index contributed by atoms with van der Waals surface area (Å²) < 4.78 is 18.9. The normalized spacial score (nSPS) is 11.9. The average molecular weight is 469 g/mol. The first-order valence-corrected chi connectivity index (χ1v) is 10.00. The molecule has 0 aromatic heterocycles. The fourth-order valence-electron chi connectivity index (χ4n) is 2.87. The molecule has 1 atom stereocenters. The summed E-state index contributed by atoms with van der Waals surface area (Å²) in [6.07, 6.45) is -0.462. The van der Waals surface area contributed by atoms with Crippen molar-refractivity contribution in [3.8, 4) is 22.6 Å². The predicted molar refractivity (Wildman–Crippen MR) is 117 cm³/mol. The Morgan fingerprint density at radius 1 is 1.07 bits per heavy atom. The van der Waals surface area contributed by atoms with E-state index in [0.29, 0.717) is 38.9 Å². The highest BCUT2D eigenvalue weighted by molar-refractivity contribution is 6.36. The summed E-state index contributed by atoms with van der Waals surface area (Å²) in [6.45, 7) is 1.53. The van der Waals surface area contributed by atoms with Gasteiger partial charge in [0.2, 0.25) is 0 Å². The molecule has 0 heterocycles. The molecule has 156 valence electrons. The number of phenolic OH excluding ortho intramolecular Hbond substituents is 1. The van der Waals surface area contributed by atoms with E-state index in [-0.39, 0.29) is 10.8 Å². The Morgan fingerprint density at radius 3 is 2.33 bits per heavy atom. The minimum Gasteiger partial charge on any atom is -0.507 e. The minimum atomic E-state index is -0.829. The molecule has 0 unspecified atom stereocenters. The summed E-state index contributed by atoms with van der Waals surface area (Å²) in [4.78, 5) is 11.2. The number of hydrogen-bond donors (Lipinski definition) is 2. The van der Waals surface area contributed by atoms with E-state index < -0.39 is 17.8 Å². The van der Waals surface area contributed by atoms with Crippen LogP contribution in [0.25, 0.3) is 11.1 Å². The number of carbonyl (C=O) groups excluding carboxylic acids is 1. The molecule has 0 bridgehead atoms. The third-order valence-electron chi connectivity index (χ3n) is 4.50. The van der Waals surface area contributed by atoms with Crippen molar-refractivity contribution in [2.75, 3.05) is 0 Å². The topological polar surface area (TPSA) is 72.6 Å². The number of phenols is 1. The van der Waals surface area contributed by atoms with Gasteiger partial charge in [0.1, 0.15) is 17.3 Å². The lowest BCUT2D eigenvalue weighted by Gasteiger charge is -2.15. The summed E-state index contributed by atoms with van der Waals surface area (Å²) in [5, 5.41) is 10.9. The van der Waals surface area contributed by atoms with Crippen LogP contribution in [0.15, 0.2) is 48.5 Å². The molecular weight excluding hydrogens is 452 g/mol. The molecule has 0 radical (unpaired) electrons. The molecule has 0 aliphatic heterocycles. The van der Waals surface area contributed by atoms with E-state index in [4.69, 9.17) is 45.3 Å². The Balaban J connectivity index is 1.91. The van der Waals surface area contributed by atoms with Crippen molar-refractivity contribution in [3.05, 3.63) is 80.5 Å². The highest BCUT2D eigenvalue weighted by Gasteiger charge is 2.16. The molecule has 3 aromatic carbocycles. The van der Waals surface area contributed by atoms with Gasteiger partial charge in [-0.15, -0.1) is 0 Å². The number of aromatic hydroxyl groups is 1. The number of halogens is 4. The molecule has 3 N–H and O–H groups in total.